The lowest BCUT2D eigenvalue weighted by Crippen LogP contribution is -2.18. The fraction of sp³-hybridized carbons (Fsp3) is 0.222. The maximum atomic E-state index is 11.9. The molecule has 3 nitrogen and oxygen atoms in total. The minimum atomic E-state index is -4.70. The normalized spacial score (nSPS) is 12.7. The molecule has 0 saturated carbocycles. The number of amidine groups is 1. The van der Waals surface area contributed by atoms with E-state index in [2.05, 4.69) is 9.73 Å². The zero-order valence-corrected chi connectivity index (χ0v) is 7.88. The van der Waals surface area contributed by atoms with E-state index in [1.54, 1.807) is 6.07 Å². The van der Waals surface area contributed by atoms with Gasteiger partial charge in [0.25, 0.3) is 0 Å². The van der Waals surface area contributed by atoms with Gasteiger partial charge in [0.1, 0.15) is 11.6 Å². The Bertz CT molecular complexity index is 374. The highest BCUT2D eigenvalue weighted by atomic mass is 19.4. The van der Waals surface area contributed by atoms with Crippen molar-refractivity contribution in [3.8, 4) is 5.75 Å². The summed E-state index contributed by atoms with van der Waals surface area (Å²) in [7, 11) is 1.45. The number of nitrogens with zero attached hydrogens (tertiary/aromatic N) is 1. The summed E-state index contributed by atoms with van der Waals surface area (Å²) in [6.45, 7) is 0. The number of hydrogen-bond donors (Lipinski definition) is 1. The van der Waals surface area contributed by atoms with Gasteiger partial charge in [-0.05, 0) is 12.1 Å². The van der Waals surface area contributed by atoms with E-state index in [9.17, 15) is 13.2 Å². The lowest BCUT2D eigenvalue weighted by atomic mass is 10.2. The molecule has 0 fully saturated rings. The zero-order chi connectivity index (χ0) is 11.5. The molecule has 0 spiro atoms. The molecule has 6 heteroatoms. The van der Waals surface area contributed by atoms with Gasteiger partial charge in [-0.2, -0.15) is 0 Å². The summed E-state index contributed by atoms with van der Waals surface area (Å²) in [5.41, 5.74) is 5.83. The van der Waals surface area contributed by atoms with E-state index < -0.39 is 6.36 Å². The summed E-state index contributed by atoms with van der Waals surface area (Å²) in [5.74, 6) is -0.158. The monoisotopic (exact) mass is 218 g/mol. The number of rotatable bonds is 2. The summed E-state index contributed by atoms with van der Waals surface area (Å²) < 4.78 is 39.3. The SMILES string of the molecule is C/N=C(\N)c1cccc(OC(F)(F)F)c1. The van der Waals surface area contributed by atoms with E-state index in [0.29, 0.717) is 5.56 Å². The Morgan fingerprint density at radius 3 is 2.60 bits per heavy atom. The predicted molar refractivity (Wildman–Crippen MR) is 49.8 cm³/mol. The third-order valence-electron chi connectivity index (χ3n) is 1.60. The highest BCUT2D eigenvalue weighted by Crippen LogP contribution is 2.23. The second kappa shape index (κ2) is 4.20. The average Bonchev–Trinajstić information content (AvgIpc) is 2.14. The number of ether oxygens (including phenoxy) is 1. The molecule has 15 heavy (non-hydrogen) atoms. The van der Waals surface area contributed by atoms with Crippen molar-refractivity contribution in [3.05, 3.63) is 29.8 Å². The van der Waals surface area contributed by atoms with Crippen LogP contribution in [0.15, 0.2) is 29.3 Å². The van der Waals surface area contributed by atoms with Crippen molar-refractivity contribution in [2.24, 2.45) is 10.7 Å². The van der Waals surface area contributed by atoms with E-state index in [0.717, 1.165) is 0 Å². The van der Waals surface area contributed by atoms with E-state index in [1.807, 2.05) is 0 Å². The highest BCUT2D eigenvalue weighted by Gasteiger charge is 2.31. The average molecular weight is 218 g/mol. The van der Waals surface area contributed by atoms with E-state index in [1.165, 1.54) is 25.2 Å². The minimum absolute atomic E-state index is 0.155. The van der Waals surface area contributed by atoms with Gasteiger partial charge in [-0.3, -0.25) is 4.99 Å². The van der Waals surface area contributed by atoms with Gasteiger partial charge in [0.15, 0.2) is 0 Å². The van der Waals surface area contributed by atoms with Crippen molar-refractivity contribution in [3.63, 3.8) is 0 Å². The second-order valence-corrected chi connectivity index (χ2v) is 2.68. The standard InChI is InChI=1S/C9H9F3N2O/c1-14-8(13)6-3-2-4-7(5-6)15-9(10,11)12/h2-5H,1H3,(H2,13,14). The quantitative estimate of drug-likeness (QED) is 0.609. The minimum Gasteiger partial charge on any atom is -0.406 e. The van der Waals surface area contributed by atoms with Crippen molar-refractivity contribution in [2.75, 3.05) is 7.05 Å². The van der Waals surface area contributed by atoms with Crippen molar-refractivity contribution < 1.29 is 17.9 Å². The molecule has 1 aromatic carbocycles. The molecule has 0 saturated heterocycles. The Hall–Kier alpha value is -1.72. The van der Waals surface area contributed by atoms with E-state index in [-0.39, 0.29) is 11.6 Å². The molecule has 1 rings (SSSR count). The maximum absolute atomic E-state index is 11.9. The summed E-state index contributed by atoms with van der Waals surface area (Å²) in [4.78, 5) is 3.65. The highest BCUT2D eigenvalue weighted by molar-refractivity contribution is 5.97. The van der Waals surface area contributed by atoms with Gasteiger partial charge in [-0.25, -0.2) is 0 Å². The van der Waals surface area contributed by atoms with E-state index in [4.69, 9.17) is 5.73 Å². The Balaban J connectivity index is 2.93. The number of hydrogen-bond acceptors (Lipinski definition) is 2. The Morgan fingerprint density at radius 1 is 1.40 bits per heavy atom. The van der Waals surface area contributed by atoms with Crippen LogP contribution < -0.4 is 10.5 Å². The molecule has 82 valence electrons. The second-order valence-electron chi connectivity index (χ2n) is 2.68. The Kier molecular flexibility index (Phi) is 3.18. The van der Waals surface area contributed by atoms with Gasteiger partial charge >= 0.3 is 6.36 Å². The molecule has 0 radical (unpaired) electrons. The van der Waals surface area contributed by atoms with Crippen LogP contribution in [-0.4, -0.2) is 19.2 Å². The third kappa shape index (κ3) is 3.49. The molecule has 0 atom stereocenters. The van der Waals surface area contributed by atoms with Gasteiger partial charge in [0.2, 0.25) is 0 Å². The fourth-order valence-electron chi connectivity index (χ4n) is 0.982. The van der Waals surface area contributed by atoms with Crippen LogP contribution in [0, 0.1) is 0 Å². The lowest BCUT2D eigenvalue weighted by Gasteiger charge is -2.09. The van der Waals surface area contributed by atoms with Gasteiger partial charge in [-0.1, -0.05) is 12.1 Å². The van der Waals surface area contributed by atoms with Crippen LogP contribution in [0.3, 0.4) is 0 Å². The van der Waals surface area contributed by atoms with Crippen LogP contribution >= 0.6 is 0 Å². The van der Waals surface area contributed by atoms with Gasteiger partial charge < -0.3 is 10.5 Å². The molecular weight excluding hydrogens is 209 g/mol. The van der Waals surface area contributed by atoms with Crippen molar-refractivity contribution >= 4 is 5.84 Å². The number of alkyl halides is 3. The van der Waals surface area contributed by atoms with Crippen molar-refractivity contribution in [1.29, 1.82) is 0 Å². The van der Waals surface area contributed by atoms with Gasteiger partial charge in [0.05, 0.1) is 0 Å². The smallest absolute Gasteiger partial charge is 0.406 e. The van der Waals surface area contributed by atoms with Gasteiger partial charge in [0, 0.05) is 12.6 Å². The zero-order valence-electron chi connectivity index (χ0n) is 7.88. The van der Waals surface area contributed by atoms with Crippen LogP contribution in [0.1, 0.15) is 5.56 Å². The van der Waals surface area contributed by atoms with Crippen LogP contribution in [-0.2, 0) is 0 Å². The molecule has 0 bridgehead atoms. The Morgan fingerprint density at radius 2 is 2.07 bits per heavy atom. The molecule has 0 aliphatic heterocycles. The largest absolute Gasteiger partial charge is 0.573 e. The van der Waals surface area contributed by atoms with Gasteiger partial charge in [-0.15, -0.1) is 13.2 Å². The van der Waals surface area contributed by atoms with Crippen molar-refractivity contribution in [1.82, 2.24) is 0 Å². The molecule has 0 aliphatic carbocycles. The van der Waals surface area contributed by atoms with Crippen LogP contribution in [0.2, 0.25) is 0 Å². The first kappa shape index (κ1) is 11.4. The number of benzene rings is 1. The molecule has 0 unspecified atom stereocenters. The van der Waals surface area contributed by atoms with Crippen LogP contribution in [0.25, 0.3) is 0 Å². The topological polar surface area (TPSA) is 47.6 Å². The van der Waals surface area contributed by atoms with E-state index >= 15 is 0 Å². The molecule has 2 N–H and O–H groups in total. The summed E-state index contributed by atoms with van der Waals surface area (Å²) in [6, 6.07) is 5.33. The lowest BCUT2D eigenvalue weighted by molar-refractivity contribution is -0.274. The first-order valence-electron chi connectivity index (χ1n) is 4.01. The Labute approximate surface area is 84.4 Å². The van der Waals surface area contributed by atoms with Crippen molar-refractivity contribution in [2.45, 2.75) is 6.36 Å². The summed E-state index contributed by atoms with van der Waals surface area (Å²) in [6.07, 6.45) is -4.70. The molecule has 1 aromatic rings. The predicted octanol–water partition coefficient (Wildman–Crippen LogP) is 1.92. The molecular formula is C9H9F3N2O. The number of nitrogens with two attached hydrogens (primary N) is 1. The fourth-order valence-corrected chi connectivity index (χ4v) is 0.982. The summed E-state index contributed by atoms with van der Waals surface area (Å²) in [5, 5.41) is 0. The first-order valence-corrected chi connectivity index (χ1v) is 4.01. The number of aliphatic imine (C=N–C) groups is 1. The number of halogens is 3. The molecule has 0 heterocycles. The molecule has 0 amide bonds. The van der Waals surface area contributed by atoms with Crippen LogP contribution in [0.4, 0.5) is 13.2 Å². The maximum Gasteiger partial charge on any atom is 0.573 e. The molecule has 0 aliphatic rings. The third-order valence-corrected chi connectivity index (χ3v) is 1.60. The summed E-state index contributed by atoms with van der Waals surface area (Å²) >= 11 is 0. The van der Waals surface area contributed by atoms with Crippen LogP contribution in [0.5, 0.6) is 5.75 Å². The first-order chi connectivity index (χ1) is 6.92. The molecule has 0 aromatic heterocycles.